The van der Waals surface area contributed by atoms with E-state index in [1.165, 1.54) is 27.1 Å². The highest BCUT2D eigenvalue weighted by Gasteiger charge is 2.00. The quantitative estimate of drug-likeness (QED) is 0.518. The summed E-state index contributed by atoms with van der Waals surface area (Å²) in [6.07, 6.45) is 1.09. The SMILES string of the molecule is CCc1cccc2cc3c[c]ccc3cc12. The van der Waals surface area contributed by atoms with Gasteiger partial charge in [0.15, 0.2) is 0 Å². The van der Waals surface area contributed by atoms with E-state index in [9.17, 15) is 0 Å². The molecular weight excluding hydrogens is 192 g/mol. The van der Waals surface area contributed by atoms with Gasteiger partial charge in [0, 0.05) is 0 Å². The zero-order valence-corrected chi connectivity index (χ0v) is 9.33. The van der Waals surface area contributed by atoms with Gasteiger partial charge in [0.05, 0.1) is 0 Å². The Bertz CT molecular complexity index is 650. The van der Waals surface area contributed by atoms with E-state index in [0.717, 1.165) is 6.42 Å². The van der Waals surface area contributed by atoms with Crippen molar-refractivity contribution in [2.45, 2.75) is 13.3 Å². The number of rotatable bonds is 1. The minimum atomic E-state index is 1.09. The minimum absolute atomic E-state index is 1.09. The summed E-state index contributed by atoms with van der Waals surface area (Å²) in [4.78, 5) is 0. The molecule has 0 heterocycles. The Hall–Kier alpha value is -1.82. The summed E-state index contributed by atoms with van der Waals surface area (Å²) in [5.74, 6) is 0. The molecule has 0 fully saturated rings. The molecule has 0 aromatic heterocycles. The number of hydrogen-bond donors (Lipinski definition) is 0. The van der Waals surface area contributed by atoms with Crippen molar-refractivity contribution in [3.63, 3.8) is 0 Å². The van der Waals surface area contributed by atoms with Crippen molar-refractivity contribution in [3.05, 3.63) is 60.2 Å². The Labute approximate surface area is 95.5 Å². The van der Waals surface area contributed by atoms with Crippen molar-refractivity contribution < 1.29 is 0 Å². The average Bonchev–Trinajstić information content (AvgIpc) is 2.35. The molecule has 0 bridgehead atoms. The summed E-state index contributed by atoms with van der Waals surface area (Å²) in [5.41, 5.74) is 1.42. The molecule has 0 heteroatoms. The fraction of sp³-hybridized carbons (Fsp3) is 0.125. The first-order chi connectivity index (χ1) is 7.88. The van der Waals surface area contributed by atoms with E-state index in [0.29, 0.717) is 0 Å². The highest BCUT2D eigenvalue weighted by atomic mass is 14.0. The van der Waals surface area contributed by atoms with Crippen molar-refractivity contribution in [2.24, 2.45) is 0 Å². The van der Waals surface area contributed by atoms with Crippen LogP contribution in [0.3, 0.4) is 0 Å². The van der Waals surface area contributed by atoms with Crippen LogP contribution in [-0.4, -0.2) is 0 Å². The molecule has 0 aliphatic rings. The molecular formula is C16H13. The maximum absolute atomic E-state index is 3.13. The van der Waals surface area contributed by atoms with Crippen LogP contribution >= 0.6 is 0 Å². The number of hydrogen-bond acceptors (Lipinski definition) is 0. The molecule has 3 rings (SSSR count). The normalized spacial score (nSPS) is 11.1. The van der Waals surface area contributed by atoms with Crippen LogP contribution in [0.15, 0.2) is 48.5 Å². The fourth-order valence-electron chi connectivity index (χ4n) is 2.28. The van der Waals surface area contributed by atoms with Gasteiger partial charge in [0.1, 0.15) is 0 Å². The zero-order chi connectivity index (χ0) is 11.0. The van der Waals surface area contributed by atoms with Crippen LogP contribution in [0.2, 0.25) is 0 Å². The van der Waals surface area contributed by atoms with Gasteiger partial charge in [0.25, 0.3) is 0 Å². The van der Waals surface area contributed by atoms with Crippen LogP contribution in [0.5, 0.6) is 0 Å². The molecule has 0 unspecified atom stereocenters. The lowest BCUT2D eigenvalue weighted by Crippen LogP contribution is -1.83. The van der Waals surface area contributed by atoms with Gasteiger partial charge in [-0.15, -0.1) is 0 Å². The summed E-state index contributed by atoms with van der Waals surface area (Å²) < 4.78 is 0. The third-order valence-corrected chi connectivity index (χ3v) is 3.15. The molecule has 0 aliphatic heterocycles. The first-order valence-electron chi connectivity index (χ1n) is 5.70. The third-order valence-electron chi connectivity index (χ3n) is 3.15. The maximum atomic E-state index is 3.13. The monoisotopic (exact) mass is 205 g/mol. The van der Waals surface area contributed by atoms with Gasteiger partial charge in [-0.25, -0.2) is 0 Å². The van der Waals surface area contributed by atoms with E-state index in [4.69, 9.17) is 0 Å². The van der Waals surface area contributed by atoms with Crippen LogP contribution in [0.4, 0.5) is 0 Å². The fourth-order valence-corrected chi connectivity index (χ4v) is 2.28. The van der Waals surface area contributed by atoms with Crippen LogP contribution in [-0.2, 0) is 6.42 Å². The lowest BCUT2D eigenvalue weighted by molar-refractivity contribution is 1.16. The Morgan fingerprint density at radius 2 is 1.94 bits per heavy atom. The van der Waals surface area contributed by atoms with E-state index in [-0.39, 0.29) is 0 Å². The standard InChI is InChI=1S/C16H13/c1-2-12-8-5-9-15-10-13-6-3-4-7-14(13)11-16(12)15/h4-11H,2H2,1H3. The van der Waals surface area contributed by atoms with E-state index >= 15 is 0 Å². The molecule has 77 valence electrons. The summed E-state index contributed by atoms with van der Waals surface area (Å²) in [7, 11) is 0. The van der Waals surface area contributed by atoms with Crippen molar-refractivity contribution in [1.82, 2.24) is 0 Å². The summed E-state index contributed by atoms with van der Waals surface area (Å²) in [6.45, 7) is 2.21. The Morgan fingerprint density at radius 1 is 1.00 bits per heavy atom. The number of fused-ring (bicyclic) bond motifs is 2. The number of benzene rings is 3. The molecule has 0 saturated carbocycles. The maximum Gasteiger partial charge on any atom is -0.0146 e. The highest BCUT2D eigenvalue weighted by molar-refractivity contribution is 5.99. The van der Waals surface area contributed by atoms with Gasteiger partial charge in [-0.1, -0.05) is 37.3 Å². The summed E-state index contributed by atoms with van der Waals surface area (Å²) in [5, 5.41) is 5.27. The lowest BCUT2D eigenvalue weighted by atomic mass is 9.99. The molecule has 3 aromatic rings. The second-order valence-electron chi connectivity index (χ2n) is 4.12. The van der Waals surface area contributed by atoms with E-state index in [1.54, 1.807) is 0 Å². The molecule has 16 heavy (non-hydrogen) atoms. The van der Waals surface area contributed by atoms with Crippen molar-refractivity contribution in [1.29, 1.82) is 0 Å². The Balaban J connectivity index is 2.46. The van der Waals surface area contributed by atoms with E-state index in [1.807, 2.05) is 12.1 Å². The molecule has 0 nitrogen and oxygen atoms in total. The first kappa shape index (κ1) is 9.41. The van der Waals surface area contributed by atoms with Gasteiger partial charge in [0.2, 0.25) is 0 Å². The Kier molecular flexibility index (Phi) is 2.14. The smallest absolute Gasteiger partial charge is 0.0146 e. The lowest BCUT2D eigenvalue weighted by Gasteiger charge is -2.06. The Morgan fingerprint density at radius 3 is 2.81 bits per heavy atom. The zero-order valence-electron chi connectivity index (χ0n) is 9.33. The van der Waals surface area contributed by atoms with Crippen molar-refractivity contribution in [3.8, 4) is 0 Å². The van der Waals surface area contributed by atoms with E-state index < -0.39 is 0 Å². The minimum Gasteiger partial charge on any atom is -0.0614 e. The predicted octanol–water partition coefficient (Wildman–Crippen LogP) is 4.36. The van der Waals surface area contributed by atoms with Crippen LogP contribution in [0.1, 0.15) is 12.5 Å². The number of aryl methyl sites for hydroxylation is 1. The second-order valence-corrected chi connectivity index (χ2v) is 4.12. The van der Waals surface area contributed by atoms with E-state index in [2.05, 4.69) is 49.4 Å². The summed E-state index contributed by atoms with van der Waals surface area (Å²) >= 11 is 0. The van der Waals surface area contributed by atoms with Crippen molar-refractivity contribution in [2.75, 3.05) is 0 Å². The largest absolute Gasteiger partial charge is 0.0614 e. The second kappa shape index (κ2) is 3.64. The van der Waals surface area contributed by atoms with Gasteiger partial charge >= 0.3 is 0 Å². The topological polar surface area (TPSA) is 0 Å². The molecule has 0 amide bonds. The average molecular weight is 205 g/mol. The predicted molar refractivity (Wildman–Crippen MR) is 69.7 cm³/mol. The molecule has 0 saturated heterocycles. The summed E-state index contributed by atoms with van der Waals surface area (Å²) in [6, 6.07) is 20.3. The molecule has 3 aromatic carbocycles. The molecule has 0 spiro atoms. The first-order valence-corrected chi connectivity index (χ1v) is 5.70. The van der Waals surface area contributed by atoms with Gasteiger partial charge in [-0.2, -0.15) is 0 Å². The highest BCUT2D eigenvalue weighted by Crippen LogP contribution is 2.25. The van der Waals surface area contributed by atoms with Gasteiger partial charge in [-0.3, -0.25) is 0 Å². The molecule has 0 N–H and O–H groups in total. The molecule has 1 radical (unpaired) electrons. The third kappa shape index (κ3) is 1.38. The van der Waals surface area contributed by atoms with Crippen LogP contribution in [0, 0.1) is 6.07 Å². The van der Waals surface area contributed by atoms with Crippen molar-refractivity contribution >= 4 is 21.5 Å². The molecule has 0 atom stereocenters. The molecule has 0 aliphatic carbocycles. The van der Waals surface area contributed by atoms with Crippen LogP contribution in [0.25, 0.3) is 21.5 Å². The van der Waals surface area contributed by atoms with Gasteiger partial charge in [-0.05, 0) is 57.8 Å². The van der Waals surface area contributed by atoms with Crippen LogP contribution < -0.4 is 0 Å². The van der Waals surface area contributed by atoms with Gasteiger partial charge < -0.3 is 0 Å².